The van der Waals surface area contributed by atoms with E-state index in [0.29, 0.717) is 17.7 Å². The van der Waals surface area contributed by atoms with Crippen molar-refractivity contribution in [2.75, 3.05) is 26.2 Å². The van der Waals surface area contributed by atoms with Crippen LogP contribution in [0.15, 0.2) is 12.1 Å². The summed E-state index contributed by atoms with van der Waals surface area (Å²) in [6, 6.07) is 4.12. The Morgan fingerprint density at radius 1 is 1.32 bits per heavy atom. The molecule has 1 aliphatic heterocycles. The van der Waals surface area contributed by atoms with E-state index in [-0.39, 0.29) is 0 Å². The second kappa shape index (κ2) is 5.31. The highest BCUT2D eigenvalue weighted by atomic mass is 35.5. The molecule has 0 bridgehead atoms. The number of halogens is 1. The van der Waals surface area contributed by atoms with Gasteiger partial charge < -0.3 is 10.4 Å². The average molecular weight is 281 g/mol. The summed E-state index contributed by atoms with van der Waals surface area (Å²) >= 11 is 6.19. The number of aromatic hydroxyl groups is 1. The van der Waals surface area contributed by atoms with Crippen molar-refractivity contribution in [1.82, 2.24) is 10.2 Å². The van der Waals surface area contributed by atoms with Gasteiger partial charge in [-0.25, -0.2) is 0 Å². The molecule has 3 nitrogen and oxygen atoms in total. The molecule has 1 saturated carbocycles. The molecule has 0 amide bonds. The molecule has 0 aromatic heterocycles. The fraction of sp³-hybridized carbons (Fsp3) is 0.600. The molecular weight excluding hydrogens is 260 g/mol. The Labute approximate surface area is 119 Å². The van der Waals surface area contributed by atoms with Crippen LogP contribution in [0, 0.1) is 12.8 Å². The number of piperazine rings is 1. The summed E-state index contributed by atoms with van der Waals surface area (Å²) in [6.45, 7) is 6.08. The number of hydrogen-bond donors (Lipinski definition) is 2. The molecule has 1 aromatic rings. The lowest BCUT2D eigenvalue weighted by Crippen LogP contribution is -2.45. The fourth-order valence-corrected chi connectivity index (χ4v) is 3.39. The molecule has 104 valence electrons. The van der Waals surface area contributed by atoms with E-state index < -0.39 is 0 Å². The number of hydrogen-bond acceptors (Lipinski definition) is 3. The Hall–Kier alpha value is -0.770. The number of phenolic OH excluding ortho intramolecular Hbond substituents is 1. The van der Waals surface area contributed by atoms with Crippen LogP contribution in [0.1, 0.15) is 30.0 Å². The molecule has 1 atom stereocenters. The van der Waals surface area contributed by atoms with Crippen molar-refractivity contribution in [3.8, 4) is 5.75 Å². The van der Waals surface area contributed by atoms with Gasteiger partial charge in [-0.15, -0.1) is 0 Å². The molecule has 4 heteroatoms. The largest absolute Gasteiger partial charge is 0.507 e. The molecule has 2 aliphatic rings. The molecule has 1 aromatic carbocycles. The zero-order valence-corrected chi connectivity index (χ0v) is 12.1. The van der Waals surface area contributed by atoms with E-state index in [9.17, 15) is 5.11 Å². The van der Waals surface area contributed by atoms with Crippen molar-refractivity contribution in [2.24, 2.45) is 5.92 Å². The topological polar surface area (TPSA) is 35.5 Å². The summed E-state index contributed by atoms with van der Waals surface area (Å²) in [4.78, 5) is 2.50. The van der Waals surface area contributed by atoms with Crippen LogP contribution in [-0.4, -0.2) is 36.2 Å². The number of rotatable bonds is 3. The van der Waals surface area contributed by atoms with Gasteiger partial charge in [-0.05, 0) is 43.4 Å². The Balaban J connectivity index is 1.95. The van der Waals surface area contributed by atoms with Gasteiger partial charge in [0, 0.05) is 42.8 Å². The minimum absolute atomic E-state index is 0.333. The van der Waals surface area contributed by atoms with Crippen LogP contribution in [0.2, 0.25) is 5.02 Å². The van der Waals surface area contributed by atoms with Gasteiger partial charge >= 0.3 is 0 Å². The lowest BCUT2D eigenvalue weighted by Gasteiger charge is -2.36. The maximum absolute atomic E-state index is 10.4. The summed E-state index contributed by atoms with van der Waals surface area (Å²) in [6.07, 6.45) is 2.53. The molecule has 0 radical (unpaired) electrons. The highest BCUT2D eigenvalue weighted by Crippen LogP contribution is 2.48. The number of aryl methyl sites for hydroxylation is 1. The van der Waals surface area contributed by atoms with Gasteiger partial charge in [0.2, 0.25) is 0 Å². The molecular formula is C15H21ClN2O. The van der Waals surface area contributed by atoms with E-state index in [2.05, 4.69) is 10.2 Å². The summed E-state index contributed by atoms with van der Waals surface area (Å²) < 4.78 is 0. The molecule has 2 N–H and O–H groups in total. The van der Waals surface area contributed by atoms with Gasteiger partial charge in [0.1, 0.15) is 5.75 Å². The molecule has 1 aliphatic carbocycles. The Morgan fingerprint density at radius 3 is 2.63 bits per heavy atom. The molecule has 2 fully saturated rings. The first-order valence-corrected chi connectivity index (χ1v) is 7.48. The summed E-state index contributed by atoms with van der Waals surface area (Å²) in [5.41, 5.74) is 1.90. The lowest BCUT2D eigenvalue weighted by molar-refractivity contribution is 0.153. The highest BCUT2D eigenvalue weighted by Gasteiger charge is 2.38. The van der Waals surface area contributed by atoms with Crippen LogP contribution in [-0.2, 0) is 0 Å². The minimum Gasteiger partial charge on any atom is -0.507 e. The van der Waals surface area contributed by atoms with Gasteiger partial charge in [-0.2, -0.15) is 0 Å². The van der Waals surface area contributed by atoms with Gasteiger partial charge in [0.05, 0.1) is 0 Å². The van der Waals surface area contributed by atoms with Crippen molar-refractivity contribution in [1.29, 1.82) is 0 Å². The van der Waals surface area contributed by atoms with Crippen molar-refractivity contribution in [2.45, 2.75) is 25.8 Å². The van der Waals surface area contributed by atoms with Crippen LogP contribution < -0.4 is 5.32 Å². The van der Waals surface area contributed by atoms with Crippen LogP contribution >= 0.6 is 11.6 Å². The monoisotopic (exact) mass is 280 g/mol. The van der Waals surface area contributed by atoms with Crippen molar-refractivity contribution < 1.29 is 5.11 Å². The molecule has 19 heavy (non-hydrogen) atoms. The molecule has 0 spiro atoms. The average Bonchev–Trinajstić information content (AvgIpc) is 3.21. The first-order chi connectivity index (χ1) is 9.16. The van der Waals surface area contributed by atoms with E-state index >= 15 is 0 Å². The van der Waals surface area contributed by atoms with E-state index in [1.165, 1.54) is 12.8 Å². The van der Waals surface area contributed by atoms with Gasteiger partial charge in [-0.3, -0.25) is 4.90 Å². The van der Waals surface area contributed by atoms with Crippen LogP contribution in [0.4, 0.5) is 0 Å². The van der Waals surface area contributed by atoms with E-state index in [0.717, 1.165) is 42.3 Å². The van der Waals surface area contributed by atoms with Gasteiger partial charge in [0.15, 0.2) is 0 Å². The van der Waals surface area contributed by atoms with E-state index in [1.54, 1.807) is 0 Å². The number of nitrogens with one attached hydrogen (secondary N) is 1. The number of benzene rings is 1. The molecule has 1 heterocycles. The van der Waals surface area contributed by atoms with E-state index in [4.69, 9.17) is 11.6 Å². The molecule has 3 rings (SSSR count). The zero-order chi connectivity index (χ0) is 13.4. The van der Waals surface area contributed by atoms with Gasteiger partial charge in [-0.1, -0.05) is 11.6 Å². The minimum atomic E-state index is 0.333. The third-order valence-corrected chi connectivity index (χ3v) is 4.45. The SMILES string of the molecule is Cc1cc(Cl)cc([C@@H](C2CC2)N2CCNCC2)c1O. The number of phenols is 1. The standard InChI is InChI=1S/C15H21ClN2O/c1-10-8-12(16)9-13(15(10)19)14(11-2-3-11)18-6-4-17-5-7-18/h8-9,11,14,17,19H,2-7H2,1H3/t14-/m1/s1. The van der Waals surface area contributed by atoms with Crippen LogP contribution in [0.25, 0.3) is 0 Å². The maximum Gasteiger partial charge on any atom is 0.123 e. The van der Waals surface area contributed by atoms with Gasteiger partial charge in [0.25, 0.3) is 0 Å². The first-order valence-electron chi connectivity index (χ1n) is 7.10. The Morgan fingerprint density at radius 2 is 2.00 bits per heavy atom. The second-order valence-corrected chi connectivity index (χ2v) is 6.17. The third kappa shape index (κ3) is 2.73. The predicted molar refractivity (Wildman–Crippen MR) is 77.8 cm³/mol. The Kier molecular flexibility index (Phi) is 3.70. The van der Waals surface area contributed by atoms with Crippen molar-refractivity contribution >= 4 is 11.6 Å². The molecule has 1 saturated heterocycles. The summed E-state index contributed by atoms with van der Waals surface area (Å²) in [5.74, 6) is 1.11. The number of nitrogens with zero attached hydrogens (tertiary/aromatic N) is 1. The van der Waals surface area contributed by atoms with E-state index in [1.807, 2.05) is 19.1 Å². The smallest absolute Gasteiger partial charge is 0.123 e. The molecule has 0 unspecified atom stereocenters. The van der Waals surface area contributed by atoms with Crippen LogP contribution in [0.3, 0.4) is 0 Å². The highest BCUT2D eigenvalue weighted by molar-refractivity contribution is 6.30. The van der Waals surface area contributed by atoms with Crippen molar-refractivity contribution in [3.05, 3.63) is 28.3 Å². The Bertz CT molecular complexity index is 467. The predicted octanol–water partition coefficient (Wildman–Crippen LogP) is 2.71. The zero-order valence-electron chi connectivity index (χ0n) is 11.3. The quantitative estimate of drug-likeness (QED) is 0.894. The fourth-order valence-electron chi connectivity index (χ4n) is 3.11. The third-order valence-electron chi connectivity index (χ3n) is 4.23. The lowest BCUT2D eigenvalue weighted by atomic mass is 9.96. The van der Waals surface area contributed by atoms with Crippen molar-refractivity contribution in [3.63, 3.8) is 0 Å². The first kappa shape index (κ1) is 13.2. The normalized spacial score (nSPS) is 22.4. The maximum atomic E-state index is 10.4. The second-order valence-electron chi connectivity index (χ2n) is 5.73. The van der Waals surface area contributed by atoms with Crippen LogP contribution in [0.5, 0.6) is 5.75 Å². The summed E-state index contributed by atoms with van der Waals surface area (Å²) in [5, 5.41) is 14.5. The summed E-state index contributed by atoms with van der Waals surface area (Å²) in [7, 11) is 0.